The van der Waals surface area contributed by atoms with Crippen molar-refractivity contribution in [1.29, 1.82) is 0 Å². The first kappa shape index (κ1) is 11.2. The first-order valence-corrected chi connectivity index (χ1v) is 5.28. The number of ether oxygens (including phenoxy) is 2. The third kappa shape index (κ3) is 2.53. The van der Waals surface area contributed by atoms with E-state index in [1.54, 1.807) is 14.2 Å². The van der Waals surface area contributed by atoms with E-state index in [-0.39, 0.29) is 6.29 Å². The Bertz CT molecular complexity index is 285. The monoisotopic (exact) mass is 308 g/mol. The molecule has 4 heteroatoms. The van der Waals surface area contributed by atoms with Gasteiger partial charge in [-0.3, -0.25) is 0 Å². The molecule has 0 atom stereocenters. The summed E-state index contributed by atoms with van der Waals surface area (Å²) in [6, 6.07) is 5.84. The number of hydrogen-bond donors (Lipinski definition) is 0. The van der Waals surface area contributed by atoms with E-state index in [1.807, 2.05) is 18.2 Å². The van der Waals surface area contributed by atoms with Gasteiger partial charge in [0.15, 0.2) is 6.29 Å². The fourth-order valence-electron chi connectivity index (χ4n) is 1.05. The quantitative estimate of drug-likeness (QED) is 0.796. The van der Waals surface area contributed by atoms with Gasteiger partial charge in [0.25, 0.3) is 0 Å². The summed E-state index contributed by atoms with van der Waals surface area (Å²) in [5.74, 6) is 0. The Kier molecular flexibility index (Phi) is 4.38. The van der Waals surface area contributed by atoms with Crippen LogP contribution < -0.4 is 0 Å². The fraction of sp³-hybridized carbons (Fsp3) is 0.333. The first-order chi connectivity index (χ1) is 6.20. The molecule has 2 nitrogen and oxygen atoms in total. The topological polar surface area (TPSA) is 18.5 Å². The van der Waals surface area contributed by atoms with Crippen molar-refractivity contribution in [3.63, 3.8) is 0 Å². The van der Waals surface area contributed by atoms with Crippen LogP contribution in [-0.2, 0) is 9.47 Å². The van der Waals surface area contributed by atoms with Crippen molar-refractivity contribution in [2.45, 2.75) is 6.29 Å². The van der Waals surface area contributed by atoms with Crippen LogP contribution in [0.15, 0.2) is 27.1 Å². The fourth-order valence-corrected chi connectivity index (χ4v) is 1.89. The van der Waals surface area contributed by atoms with Crippen LogP contribution in [0, 0.1) is 0 Å². The zero-order valence-electron chi connectivity index (χ0n) is 7.38. The molecule has 0 N–H and O–H groups in total. The molecule has 0 radical (unpaired) electrons. The van der Waals surface area contributed by atoms with Gasteiger partial charge in [0.1, 0.15) is 0 Å². The molecule has 0 saturated heterocycles. The molecule has 0 aliphatic rings. The first-order valence-electron chi connectivity index (χ1n) is 3.70. The van der Waals surface area contributed by atoms with Crippen molar-refractivity contribution in [1.82, 2.24) is 0 Å². The van der Waals surface area contributed by atoms with Crippen LogP contribution in [0.4, 0.5) is 0 Å². The van der Waals surface area contributed by atoms with Crippen LogP contribution in [0.3, 0.4) is 0 Å². The van der Waals surface area contributed by atoms with Gasteiger partial charge in [0.05, 0.1) is 0 Å². The maximum atomic E-state index is 5.15. The minimum Gasteiger partial charge on any atom is -0.352 e. The Morgan fingerprint density at radius 1 is 1.15 bits per heavy atom. The van der Waals surface area contributed by atoms with Gasteiger partial charge in [-0.2, -0.15) is 0 Å². The lowest BCUT2D eigenvalue weighted by atomic mass is 10.2. The van der Waals surface area contributed by atoms with E-state index in [9.17, 15) is 0 Å². The van der Waals surface area contributed by atoms with Crippen molar-refractivity contribution < 1.29 is 9.47 Å². The number of methoxy groups -OCH3 is 2. The number of rotatable bonds is 3. The summed E-state index contributed by atoms with van der Waals surface area (Å²) in [6.45, 7) is 0. The van der Waals surface area contributed by atoms with Gasteiger partial charge in [0, 0.05) is 28.7 Å². The van der Waals surface area contributed by atoms with E-state index >= 15 is 0 Å². The highest BCUT2D eigenvalue weighted by Gasteiger charge is 2.13. The van der Waals surface area contributed by atoms with E-state index < -0.39 is 0 Å². The van der Waals surface area contributed by atoms with E-state index in [2.05, 4.69) is 31.9 Å². The van der Waals surface area contributed by atoms with Crippen molar-refractivity contribution in [2.75, 3.05) is 14.2 Å². The molecule has 1 aromatic rings. The van der Waals surface area contributed by atoms with E-state index in [4.69, 9.17) is 9.47 Å². The van der Waals surface area contributed by atoms with Gasteiger partial charge < -0.3 is 9.47 Å². The number of benzene rings is 1. The number of hydrogen-bond acceptors (Lipinski definition) is 2. The van der Waals surface area contributed by atoms with Gasteiger partial charge in [-0.15, -0.1) is 0 Å². The lowest BCUT2D eigenvalue weighted by Gasteiger charge is -2.15. The highest BCUT2D eigenvalue weighted by molar-refractivity contribution is 9.13. The van der Waals surface area contributed by atoms with E-state index in [1.165, 1.54) is 0 Å². The molecule has 0 amide bonds. The molecule has 0 aromatic heterocycles. The standard InChI is InChI=1S/C9H10Br2O2/c1-12-9(13-2)6-4-3-5-7(10)8(6)11/h3-5,9H,1-2H3. The normalized spacial score (nSPS) is 10.8. The molecule has 72 valence electrons. The molecule has 1 rings (SSSR count). The molecule has 0 unspecified atom stereocenters. The Labute approximate surface area is 94.5 Å². The van der Waals surface area contributed by atoms with Crippen molar-refractivity contribution in [2.24, 2.45) is 0 Å². The summed E-state index contributed by atoms with van der Waals surface area (Å²) >= 11 is 6.87. The minimum absolute atomic E-state index is 0.327. The Morgan fingerprint density at radius 3 is 2.31 bits per heavy atom. The molecule has 0 aliphatic carbocycles. The zero-order chi connectivity index (χ0) is 9.84. The molecule has 13 heavy (non-hydrogen) atoms. The molecule has 0 bridgehead atoms. The summed E-state index contributed by atoms with van der Waals surface area (Å²) in [4.78, 5) is 0. The predicted octanol–water partition coefficient (Wildman–Crippen LogP) is 3.50. The summed E-state index contributed by atoms with van der Waals surface area (Å²) in [6.07, 6.45) is -0.327. The summed E-state index contributed by atoms with van der Waals surface area (Å²) < 4.78 is 12.2. The Hall–Kier alpha value is 0.1000. The lowest BCUT2D eigenvalue weighted by Crippen LogP contribution is -2.04. The van der Waals surface area contributed by atoms with Gasteiger partial charge in [-0.1, -0.05) is 12.1 Å². The van der Waals surface area contributed by atoms with Gasteiger partial charge >= 0.3 is 0 Å². The van der Waals surface area contributed by atoms with Crippen LogP contribution >= 0.6 is 31.9 Å². The second-order valence-electron chi connectivity index (χ2n) is 2.45. The van der Waals surface area contributed by atoms with Gasteiger partial charge in [-0.05, 0) is 37.9 Å². The highest BCUT2D eigenvalue weighted by Crippen LogP contribution is 2.31. The van der Waals surface area contributed by atoms with E-state index in [0.717, 1.165) is 14.5 Å². The molecule has 0 heterocycles. The van der Waals surface area contributed by atoms with Crippen LogP contribution in [-0.4, -0.2) is 14.2 Å². The van der Waals surface area contributed by atoms with Crippen molar-refractivity contribution in [3.8, 4) is 0 Å². The summed E-state index contributed by atoms with van der Waals surface area (Å²) in [5.41, 5.74) is 0.972. The average Bonchev–Trinajstić information content (AvgIpc) is 2.14. The maximum absolute atomic E-state index is 5.15. The van der Waals surface area contributed by atoms with Crippen LogP contribution in [0.25, 0.3) is 0 Å². The lowest BCUT2D eigenvalue weighted by molar-refractivity contribution is -0.106. The van der Waals surface area contributed by atoms with Crippen molar-refractivity contribution >= 4 is 31.9 Å². The number of halogens is 2. The van der Waals surface area contributed by atoms with Gasteiger partial charge in [0.2, 0.25) is 0 Å². The molecular weight excluding hydrogens is 300 g/mol. The largest absolute Gasteiger partial charge is 0.352 e. The van der Waals surface area contributed by atoms with Crippen LogP contribution in [0.5, 0.6) is 0 Å². The molecular formula is C9H10Br2O2. The van der Waals surface area contributed by atoms with Crippen LogP contribution in [0.2, 0.25) is 0 Å². The highest BCUT2D eigenvalue weighted by atomic mass is 79.9. The zero-order valence-corrected chi connectivity index (χ0v) is 10.6. The SMILES string of the molecule is COC(OC)c1cccc(Br)c1Br. The third-order valence-electron chi connectivity index (χ3n) is 1.66. The second kappa shape index (κ2) is 5.10. The Balaban J connectivity index is 3.05. The summed E-state index contributed by atoms with van der Waals surface area (Å²) in [7, 11) is 3.23. The average molecular weight is 310 g/mol. The van der Waals surface area contributed by atoms with E-state index in [0.29, 0.717) is 0 Å². The third-order valence-corrected chi connectivity index (χ3v) is 3.74. The minimum atomic E-state index is -0.327. The maximum Gasteiger partial charge on any atom is 0.184 e. The van der Waals surface area contributed by atoms with Crippen LogP contribution in [0.1, 0.15) is 11.9 Å². The van der Waals surface area contributed by atoms with Crippen molar-refractivity contribution in [3.05, 3.63) is 32.7 Å². The molecule has 1 aromatic carbocycles. The molecule has 0 spiro atoms. The Morgan fingerprint density at radius 2 is 1.77 bits per heavy atom. The van der Waals surface area contributed by atoms with Gasteiger partial charge in [-0.25, -0.2) is 0 Å². The summed E-state index contributed by atoms with van der Waals surface area (Å²) in [5, 5.41) is 0. The second-order valence-corrected chi connectivity index (χ2v) is 4.09. The smallest absolute Gasteiger partial charge is 0.184 e. The molecule has 0 saturated carbocycles. The predicted molar refractivity (Wildman–Crippen MR) is 58.6 cm³/mol. The molecule has 0 fully saturated rings. The molecule has 0 aliphatic heterocycles.